The van der Waals surface area contributed by atoms with Crippen LogP contribution in [0, 0.1) is 5.92 Å². The minimum absolute atomic E-state index is 0.150. The van der Waals surface area contributed by atoms with Crippen molar-refractivity contribution >= 4 is 0 Å². The second kappa shape index (κ2) is 6.22. The summed E-state index contributed by atoms with van der Waals surface area (Å²) in [6.45, 7) is 3.72. The predicted octanol–water partition coefficient (Wildman–Crippen LogP) is 1.95. The first-order valence-electron chi connectivity index (χ1n) is 7.55. The van der Waals surface area contributed by atoms with Gasteiger partial charge in [-0.25, -0.2) is 0 Å². The molecule has 2 aliphatic heterocycles. The van der Waals surface area contributed by atoms with E-state index in [1.807, 2.05) is 0 Å². The van der Waals surface area contributed by atoms with E-state index in [1.165, 1.54) is 11.1 Å². The Bertz CT molecular complexity index is 452. The molecule has 0 aliphatic carbocycles. The Morgan fingerprint density at radius 2 is 2.20 bits per heavy atom. The molecule has 20 heavy (non-hydrogen) atoms. The normalized spacial score (nSPS) is 31.0. The highest BCUT2D eigenvalue weighted by molar-refractivity contribution is 5.31. The van der Waals surface area contributed by atoms with E-state index in [9.17, 15) is 0 Å². The lowest BCUT2D eigenvalue weighted by Gasteiger charge is -2.31. The van der Waals surface area contributed by atoms with Gasteiger partial charge < -0.3 is 9.47 Å². The summed E-state index contributed by atoms with van der Waals surface area (Å²) in [7, 11) is 0. The zero-order chi connectivity index (χ0) is 13.9. The van der Waals surface area contributed by atoms with Crippen LogP contribution in [0.4, 0.5) is 0 Å². The fourth-order valence-electron chi connectivity index (χ4n) is 3.43. The summed E-state index contributed by atoms with van der Waals surface area (Å²) < 4.78 is 11.7. The highest BCUT2D eigenvalue weighted by Crippen LogP contribution is 2.33. The number of nitrogens with two attached hydrogens (primary N) is 1. The van der Waals surface area contributed by atoms with E-state index in [0.29, 0.717) is 12.0 Å². The lowest BCUT2D eigenvalue weighted by Crippen LogP contribution is -2.43. The molecule has 3 N–H and O–H groups in total. The third-order valence-electron chi connectivity index (χ3n) is 4.57. The molecule has 2 heterocycles. The minimum atomic E-state index is 0.150. The number of hydrazine groups is 1. The van der Waals surface area contributed by atoms with Crippen LogP contribution in [0.1, 0.15) is 37.0 Å². The largest absolute Gasteiger partial charge is 0.378 e. The van der Waals surface area contributed by atoms with Gasteiger partial charge in [0.2, 0.25) is 0 Å². The van der Waals surface area contributed by atoms with Crippen LogP contribution in [-0.4, -0.2) is 25.4 Å². The molecule has 4 atom stereocenters. The number of fused-ring (bicyclic) bond motifs is 1. The lowest BCUT2D eigenvalue weighted by molar-refractivity contribution is 0.0235. The maximum Gasteiger partial charge on any atom is 0.0843 e. The first-order chi connectivity index (χ1) is 9.78. The Labute approximate surface area is 120 Å². The number of ether oxygens (including phenoxy) is 2. The van der Waals surface area contributed by atoms with Crippen molar-refractivity contribution in [2.24, 2.45) is 11.8 Å². The van der Waals surface area contributed by atoms with E-state index in [4.69, 9.17) is 15.3 Å². The van der Waals surface area contributed by atoms with Gasteiger partial charge in [-0.2, -0.15) is 0 Å². The van der Waals surface area contributed by atoms with Crippen molar-refractivity contribution in [1.82, 2.24) is 5.43 Å². The van der Waals surface area contributed by atoms with Crippen LogP contribution in [0.25, 0.3) is 0 Å². The molecule has 4 heteroatoms. The van der Waals surface area contributed by atoms with Crippen LogP contribution in [0.15, 0.2) is 24.3 Å². The molecular weight excluding hydrogens is 252 g/mol. The second-order valence-corrected chi connectivity index (χ2v) is 5.96. The van der Waals surface area contributed by atoms with Crippen LogP contribution in [0.5, 0.6) is 0 Å². The van der Waals surface area contributed by atoms with E-state index in [0.717, 1.165) is 32.5 Å². The maximum atomic E-state index is 5.99. The van der Waals surface area contributed by atoms with E-state index in [-0.39, 0.29) is 12.1 Å². The van der Waals surface area contributed by atoms with Crippen molar-refractivity contribution in [1.29, 1.82) is 0 Å². The molecular formula is C16H24N2O2. The number of rotatable bonds is 4. The van der Waals surface area contributed by atoms with Gasteiger partial charge in [0, 0.05) is 12.0 Å². The quantitative estimate of drug-likeness (QED) is 0.652. The maximum absolute atomic E-state index is 5.99. The average Bonchev–Trinajstić information content (AvgIpc) is 2.91. The molecule has 0 aromatic heterocycles. The fraction of sp³-hybridized carbons (Fsp3) is 0.625. The SMILES string of the molecule is CC1CC(C(CC2OCCc3ccccc32)NN)CO1. The Hall–Kier alpha value is -0.940. The lowest BCUT2D eigenvalue weighted by atomic mass is 9.88. The van der Waals surface area contributed by atoms with Gasteiger partial charge in [-0.15, -0.1) is 0 Å². The number of hydrogen-bond acceptors (Lipinski definition) is 4. The van der Waals surface area contributed by atoms with Crippen molar-refractivity contribution in [3.05, 3.63) is 35.4 Å². The van der Waals surface area contributed by atoms with Gasteiger partial charge in [0.1, 0.15) is 0 Å². The smallest absolute Gasteiger partial charge is 0.0843 e. The Morgan fingerprint density at radius 3 is 2.95 bits per heavy atom. The van der Waals surface area contributed by atoms with Crippen LogP contribution in [0.2, 0.25) is 0 Å². The molecule has 3 rings (SSSR count). The van der Waals surface area contributed by atoms with E-state index in [2.05, 4.69) is 36.6 Å². The molecule has 4 unspecified atom stereocenters. The van der Waals surface area contributed by atoms with Crippen molar-refractivity contribution in [2.45, 2.75) is 44.4 Å². The van der Waals surface area contributed by atoms with Crippen molar-refractivity contribution < 1.29 is 9.47 Å². The predicted molar refractivity (Wildman–Crippen MR) is 78.1 cm³/mol. The van der Waals surface area contributed by atoms with Gasteiger partial charge in [-0.3, -0.25) is 11.3 Å². The Kier molecular flexibility index (Phi) is 4.36. The number of hydrogen-bond donors (Lipinski definition) is 2. The molecule has 1 fully saturated rings. The summed E-state index contributed by atoms with van der Waals surface area (Å²) in [5.41, 5.74) is 5.72. The standard InChI is InChI=1S/C16H24N2O2/c1-11-8-13(10-20-11)15(18-17)9-16-14-5-3-2-4-12(14)6-7-19-16/h2-5,11,13,15-16,18H,6-10,17H2,1H3. The monoisotopic (exact) mass is 276 g/mol. The molecule has 0 saturated carbocycles. The van der Waals surface area contributed by atoms with E-state index >= 15 is 0 Å². The van der Waals surface area contributed by atoms with Crippen LogP contribution in [-0.2, 0) is 15.9 Å². The summed E-state index contributed by atoms with van der Waals surface area (Å²) in [5.74, 6) is 6.25. The molecule has 110 valence electrons. The summed E-state index contributed by atoms with van der Waals surface area (Å²) in [6, 6.07) is 8.83. The third kappa shape index (κ3) is 2.88. The third-order valence-corrected chi connectivity index (χ3v) is 4.57. The number of benzene rings is 1. The first-order valence-corrected chi connectivity index (χ1v) is 7.55. The van der Waals surface area contributed by atoms with Gasteiger partial charge in [-0.1, -0.05) is 24.3 Å². The number of nitrogens with one attached hydrogen (secondary N) is 1. The summed E-state index contributed by atoms with van der Waals surface area (Å²) in [5, 5.41) is 0. The molecule has 0 spiro atoms. The molecule has 0 radical (unpaired) electrons. The molecule has 2 aliphatic rings. The van der Waals surface area contributed by atoms with Gasteiger partial charge >= 0.3 is 0 Å². The molecule has 1 saturated heterocycles. The second-order valence-electron chi connectivity index (χ2n) is 5.96. The molecule has 0 bridgehead atoms. The molecule has 4 nitrogen and oxygen atoms in total. The van der Waals surface area contributed by atoms with Crippen LogP contribution >= 0.6 is 0 Å². The average molecular weight is 276 g/mol. The topological polar surface area (TPSA) is 56.5 Å². The molecule has 1 aromatic rings. The van der Waals surface area contributed by atoms with Crippen LogP contribution in [0.3, 0.4) is 0 Å². The van der Waals surface area contributed by atoms with Crippen molar-refractivity contribution in [3.8, 4) is 0 Å². The Morgan fingerprint density at radius 1 is 1.35 bits per heavy atom. The van der Waals surface area contributed by atoms with E-state index < -0.39 is 0 Å². The first kappa shape index (κ1) is 14.0. The highest BCUT2D eigenvalue weighted by atomic mass is 16.5. The van der Waals surface area contributed by atoms with Gasteiger partial charge in [0.25, 0.3) is 0 Å². The summed E-state index contributed by atoms with van der Waals surface area (Å²) in [6.07, 6.45) is 3.49. The van der Waals surface area contributed by atoms with Gasteiger partial charge in [0.15, 0.2) is 0 Å². The van der Waals surface area contributed by atoms with Crippen molar-refractivity contribution in [2.75, 3.05) is 13.2 Å². The summed E-state index contributed by atoms with van der Waals surface area (Å²) >= 11 is 0. The highest BCUT2D eigenvalue weighted by Gasteiger charge is 2.32. The van der Waals surface area contributed by atoms with Crippen molar-refractivity contribution in [3.63, 3.8) is 0 Å². The van der Waals surface area contributed by atoms with Gasteiger partial charge in [-0.05, 0) is 37.3 Å². The van der Waals surface area contributed by atoms with Gasteiger partial charge in [0.05, 0.1) is 25.4 Å². The minimum Gasteiger partial charge on any atom is -0.378 e. The fourth-order valence-corrected chi connectivity index (χ4v) is 3.43. The van der Waals surface area contributed by atoms with E-state index in [1.54, 1.807) is 0 Å². The molecule has 1 aromatic carbocycles. The van der Waals surface area contributed by atoms with Crippen LogP contribution < -0.4 is 11.3 Å². The summed E-state index contributed by atoms with van der Waals surface area (Å²) in [4.78, 5) is 0. The Balaban J connectivity index is 1.70. The molecule has 0 amide bonds. The zero-order valence-electron chi connectivity index (χ0n) is 12.0. The zero-order valence-corrected chi connectivity index (χ0v) is 12.0.